The van der Waals surface area contributed by atoms with E-state index in [0.29, 0.717) is 10.6 Å². The molecule has 0 unspecified atom stereocenters. The number of carboxylic acid groups (broad SMARTS) is 1. The molecule has 0 saturated heterocycles. The molecule has 0 N–H and O–H groups in total. The minimum atomic E-state index is -1.25. The monoisotopic (exact) mass is 272 g/mol. The van der Waals surface area contributed by atoms with Gasteiger partial charge in [0.1, 0.15) is 0 Å². The predicted octanol–water partition coefficient (Wildman–Crippen LogP) is 1.42. The Labute approximate surface area is 114 Å². The molecular weight excluding hydrogens is 262 g/mol. The fourth-order valence-electron chi connectivity index (χ4n) is 1.46. The summed E-state index contributed by atoms with van der Waals surface area (Å²) in [6, 6.07) is 11.7. The van der Waals surface area contributed by atoms with Crippen LogP contribution in [0.25, 0.3) is 0 Å². The molecular formula is C14H10NO3S-. The van der Waals surface area contributed by atoms with Crippen molar-refractivity contribution in [2.75, 3.05) is 5.75 Å². The summed E-state index contributed by atoms with van der Waals surface area (Å²) in [6.45, 7) is 0. The minimum Gasteiger partial charge on any atom is -0.545 e. The molecule has 2 aromatic rings. The molecule has 19 heavy (non-hydrogen) atoms. The quantitative estimate of drug-likeness (QED) is 0.608. The Balaban J connectivity index is 2.01. The van der Waals surface area contributed by atoms with Crippen molar-refractivity contribution in [1.29, 1.82) is 0 Å². The van der Waals surface area contributed by atoms with Gasteiger partial charge in [0.15, 0.2) is 5.78 Å². The number of ketones is 1. The molecule has 5 heteroatoms. The summed E-state index contributed by atoms with van der Waals surface area (Å²) in [5.41, 5.74) is 0.690. The van der Waals surface area contributed by atoms with E-state index in [0.717, 1.165) is 0 Å². The van der Waals surface area contributed by atoms with Gasteiger partial charge in [-0.05, 0) is 12.1 Å². The minimum absolute atomic E-state index is 0.0220. The molecule has 0 fully saturated rings. The van der Waals surface area contributed by atoms with E-state index in [-0.39, 0.29) is 17.1 Å². The lowest BCUT2D eigenvalue weighted by Crippen LogP contribution is -2.22. The average molecular weight is 272 g/mol. The second-order valence-corrected chi connectivity index (χ2v) is 4.74. The highest BCUT2D eigenvalue weighted by atomic mass is 32.2. The highest BCUT2D eigenvalue weighted by Gasteiger charge is 2.07. The molecule has 0 saturated carbocycles. The number of nitrogens with zero attached hydrogens (tertiary/aromatic N) is 1. The lowest BCUT2D eigenvalue weighted by molar-refractivity contribution is -0.255. The van der Waals surface area contributed by atoms with Crippen molar-refractivity contribution in [2.24, 2.45) is 0 Å². The Morgan fingerprint density at radius 1 is 1.11 bits per heavy atom. The molecule has 0 spiro atoms. The van der Waals surface area contributed by atoms with E-state index in [1.54, 1.807) is 24.3 Å². The molecule has 1 heterocycles. The summed E-state index contributed by atoms with van der Waals surface area (Å²) in [5, 5.41) is 11.2. The predicted molar refractivity (Wildman–Crippen MR) is 70.1 cm³/mol. The van der Waals surface area contributed by atoms with Crippen LogP contribution in [0.5, 0.6) is 0 Å². The van der Waals surface area contributed by atoms with Crippen molar-refractivity contribution >= 4 is 23.5 Å². The van der Waals surface area contributed by atoms with Crippen molar-refractivity contribution in [3.05, 3.63) is 59.8 Å². The zero-order valence-corrected chi connectivity index (χ0v) is 10.7. The fraction of sp³-hybridized carbons (Fsp3) is 0.0714. The number of pyridine rings is 1. The average Bonchev–Trinajstić information content (AvgIpc) is 2.46. The first-order valence-corrected chi connectivity index (χ1v) is 6.54. The van der Waals surface area contributed by atoms with Gasteiger partial charge in [-0.3, -0.25) is 4.79 Å². The summed E-state index contributed by atoms with van der Waals surface area (Å²) < 4.78 is 0. The van der Waals surface area contributed by atoms with Crippen LogP contribution in [-0.4, -0.2) is 22.5 Å². The molecule has 0 atom stereocenters. The highest BCUT2D eigenvalue weighted by Crippen LogP contribution is 2.17. The third-order valence-corrected chi connectivity index (χ3v) is 3.34. The summed E-state index contributed by atoms with van der Waals surface area (Å²) in [5.74, 6) is -1.06. The van der Waals surface area contributed by atoms with E-state index >= 15 is 0 Å². The van der Waals surface area contributed by atoms with Crippen LogP contribution in [0.4, 0.5) is 0 Å². The molecule has 4 nitrogen and oxygen atoms in total. The molecule has 0 amide bonds. The molecule has 0 aliphatic rings. The number of aromatic carboxylic acids is 1. The number of hydrogen-bond donors (Lipinski definition) is 0. The van der Waals surface area contributed by atoms with Crippen molar-refractivity contribution in [1.82, 2.24) is 4.98 Å². The number of Topliss-reactive ketones (excluding diaryl/α,β-unsaturated/α-hetero) is 1. The van der Waals surface area contributed by atoms with Crippen LogP contribution in [0.1, 0.15) is 20.7 Å². The molecule has 1 aromatic carbocycles. The summed E-state index contributed by atoms with van der Waals surface area (Å²) >= 11 is 1.20. The SMILES string of the molecule is O=C([O-])c1ccnc(SCC(=O)c2ccccc2)c1. The first-order valence-electron chi connectivity index (χ1n) is 5.55. The Hall–Kier alpha value is -2.14. The number of hydrogen-bond acceptors (Lipinski definition) is 5. The number of aromatic nitrogens is 1. The van der Waals surface area contributed by atoms with Gasteiger partial charge in [0.2, 0.25) is 0 Å². The zero-order valence-electron chi connectivity index (χ0n) is 9.91. The molecule has 0 bridgehead atoms. The van der Waals surface area contributed by atoms with Crippen molar-refractivity contribution in [2.45, 2.75) is 5.03 Å². The first kappa shape index (κ1) is 13.3. The van der Waals surface area contributed by atoms with Gasteiger partial charge in [-0.2, -0.15) is 0 Å². The van der Waals surface area contributed by atoms with Gasteiger partial charge in [-0.1, -0.05) is 42.1 Å². The molecule has 0 aliphatic heterocycles. The van der Waals surface area contributed by atoms with Crippen molar-refractivity contribution < 1.29 is 14.7 Å². The van der Waals surface area contributed by atoms with Gasteiger partial charge in [0.05, 0.1) is 16.7 Å². The number of benzene rings is 1. The van der Waals surface area contributed by atoms with Gasteiger partial charge in [0.25, 0.3) is 0 Å². The van der Waals surface area contributed by atoms with Gasteiger partial charge in [-0.25, -0.2) is 4.98 Å². The second kappa shape index (κ2) is 6.15. The third kappa shape index (κ3) is 3.66. The van der Waals surface area contributed by atoms with Gasteiger partial charge < -0.3 is 9.90 Å². The second-order valence-electron chi connectivity index (χ2n) is 3.75. The van der Waals surface area contributed by atoms with E-state index in [9.17, 15) is 14.7 Å². The molecule has 0 aliphatic carbocycles. The summed E-state index contributed by atoms with van der Waals surface area (Å²) in [7, 11) is 0. The van der Waals surface area contributed by atoms with Crippen LogP contribution in [-0.2, 0) is 0 Å². The Morgan fingerprint density at radius 2 is 1.84 bits per heavy atom. The van der Waals surface area contributed by atoms with Crippen molar-refractivity contribution in [3.63, 3.8) is 0 Å². The van der Waals surface area contributed by atoms with Crippen LogP contribution in [0.2, 0.25) is 0 Å². The normalized spacial score (nSPS) is 10.1. The van der Waals surface area contributed by atoms with E-state index in [4.69, 9.17) is 0 Å². The van der Waals surface area contributed by atoms with Gasteiger partial charge >= 0.3 is 0 Å². The van der Waals surface area contributed by atoms with E-state index < -0.39 is 5.97 Å². The maximum absolute atomic E-state index is 11.9. The molecule has 96 valence electrons. The van der Waals surface area contributed by atoms with Gasteiger partial charge in [0, 0.05) is 17.3 Å². The van der Waals surface area contributed by atoms with E-state index in [1.165, 1.54) is 30.1 Å². The topological polar surface area (TPSA) is 70.1 Å². The van der Waals surface area contributed by atoms with Crippen LogP contribution in [0.3, 0.4) is 0 Å². The maximum Gasteiger partial charge on any atom is 0.173 e. The van der Waals surface area contributed by atoms with Crippen LogP contribution >= 0.6 is 11.8 Å². The maximum atomic E-state index is 11.9. The van der Waals surface area contributed by atoms with E-state index in [1.807, 2.05) is 6.07 Å². The number of carbonyl (C=O) groups excluding carboxylic acids is 2. The van der Waals surface area contributed by atoms with Crippen LogP contribution < -0.4 is 5.11 Å². The van der Waals surface area contributed by atoms with Crippen LogP contribution in [0.15, 0.2) is 53.7 Å². The largest absolute Gasteiger partial charge is 0.545 e. The standard InChI is InChI=1S/C14H11NO3S/c16-12(10-4-2-1-3-5-10)9-19-13-8-11(14(17)18)6-7-15-13/h1-8H,9H2,(H,17,18)/p-1. The smallest absolute Gasteiger partial charge is 0.173 e. The lowest BCUT2D eigenvalue weighted by atomic mass is 10.2. The zero-order chi connectivity index (χ0) is 13.7. The van der Waals surface area contributed by atoms with Crippen molar-refractivity contribution in [3.8, 4) is 0 Å². The van der Waals surface area contributed by atoms with E-state index in [2.05, 4.69) is 4.98 Å². The number of thioether (sulfide) groups is 1. The third-order valence-electron chi connectivity index (χ3n) is 2.42. The van der Waals surface area contributed by atoms with Crippen LogP contribution in [0, 0.1) is 0 Å². The Bertz CT molecular complexity index is 599. The number of rotatable bonds is 5. The Morgan fingerprint density at radius 3 is 2.53 bits per heavy atom. The first-order chi connectivity index (χ1) is 9.16. The Kier molecular flexibility index (Phi) is 4.30. The van der Waals surface area contributed by atoms with Gasteiger partial charge in [-0.15, -0.1) is 0 Å². The molecule has 0 radical (unpaired) electrons. The summed E-state index contributed by atoms with van der Waals surface area (Å²) in [6.07, 6.45) is 1.39. The summed E-state index contributed by atoms with van der Waals surface area (Å²) in [4.78, 5) is 26.6. The fourth-order valence-corrected chi connectivity index (χ4v) is 2.25. The molecule has 2 rings (SSSR count). The lowest BCUT2D eigenvalue weighted by Gasteiger charge is -2.04. The molecule has 1 aromatic heterocycles. The number of carboxylic acids is 1. The number of carbonyl (C=O) groups is 2. The highest BCUT2D eigenvalue weighted by molar-refractivity contribution is 7.99.